The molecule has 4 nitrogen and oxygen atoms in total. The van der Waals surface area contributed by atoms with Crippen molar-refractivity contribution >= 4 is 5.97 Å². The number of carbonyl (C=O) groups is 1. The molecule has 0 heterocycles. The molecule has 0 radical (unpaired) electrons. The van der Waals surface area contributed by atoms with Gasteiger partial charge in [-0.05, 0) is 44.4 Å². The van der Waals surface area contributed by atoms with Gasteiger partial charge < -0.3 is 14.2 Å². The Morgan fingerprint density at radius 1 is 1.37 bits per heavy atom. The Kier molecular flexibility index (Phi) is 4.43. The molecule has 1 fully saturated rings. The van der Waals surface area contributed by atoms with E-state index in [1.54, 1.807) is 7.11 Å². The molecule has 0 bridgehead atoms. The molecule has 1 saturated carbocycles. The van der Waals surface area contributed by atoms with Crippen LogP contribution in [0, 0.1) is 12.8 Å². The van der Waals surface area contributed by atoms with Crippen LogP contribution in [0.15, 0.2) is 18.2 Å². The van der Waals surface area contributed by atoms with Gasteiger partial charge in [0.1, 0.15) is 6.10 Å². The monoisotopic (exact) mass is 264 g/mol. The van der Waals surface area contributed by atoms with Gasteiger partial charge in [0.2, 0.25) is 0 Å². The van der Waals surface area contributed by atoms with Crippen molar-refractivity contribution in [3.63, 3.8) is 0 Å². The van der Waals surface area contributed by atoms with Crippen LogP contribution in [0.5, 0.6) is 11.5 Å². The smallest absolute Gasteiger partial charge is 0.314 e. The van der Waals surface area contributed by atoms with E-state index >= 15 is 0 Å². The molecular formula is C15H20O4. The highest BCUT2D eigenvalue weighted by Crippen LogP contribution is 2.34. The minimum absolute atomic E-state index is 0.0739. The number of aryl methyl sites for hydroxylation is 1. The van der Waals surface area contributed by atoms with E-state index in [1.165, 1.54) is 0 Å². The number of carbonyl (C=O) groups excluding carboxylic acids is 1. The Hall–Kier alpha value is -1.55. The van der Waals surface area contributed by atoms with Crippen LogP contribution in [0.4, 0.5) is 0 Å². The summed E-state index contributed by atoms with van der Waals surface area (Å²) in [6.07, 6.45) is 1.77. The van der Waals surface area contributed by atoms with Crippen molar-refractivity contribution in [3.05, 3.63) is 23.8 Å². The van der Waals surface area contributed by atoms with Crippen LogP contribution in [-0.4, -0.2) is 25.8 Å². The first kappa shape index (κ1) is 13.9. The van der Waals surface area contributed by atoms with Crippen LogP contribution >= 0.6 is 0 Å². The molecule has 0 aromatic heterocycles. The van der Waals surface area contributed by atoms with E-state index in [9.17, 15) is 4.79 Å². The molecule has 0 spiro atoms. The molecule has 2 rings (SSSR count). The first-order valence-corrected chi connectivity index (χ1v) is 6.58. The van der Waals surface area contributed by atoms with Crippen molar-refractivity contribution in [3.8, 4) is 11.5 Å². The van der Waals surface area contributed by atoms with E-state index in [0.29, 0.717) is 18.1 Å². The summed E-state index contributed by atoms with van der Waals surface area (Å²) in [6.45, 7) is 4.36. The van der Waals surface area contributed by atoms with Crippen LogP contribution in [0.25, 0.3) is 0 Å². The first-order valence-electron chi connectivity index (χ1n) is 6.58. The normalized spacial score (nSPS) is 15.9. The second-order valence-electron chi connectivity index (χ2n) is 5.03. The molecule has 1 aliphatic rings. The second kappa shape index (κ2) is 6.06. The zero-order valence-corrected chi connectivity index (χ0v) is 11.6. The number of ether oxygens (including phenoxy) is 3. The standard InChI is InChI=1S/C15H20O4/c1-10-4-7-13(18-11(2)9-17-3)14(8-10)19-15(16)12-5-6-12/h4,7-8,11-12H,5-6,9H2,1-3H3. The lowest BCUT2D eigenvalue weighted by Crippen LogP contribution is -2.19. The number of hydrogen-bond donors (Lipinski definition) is 0. The van der Waals surface area contributed by atoms with Gasteiger partial charge in [0.25, 0.3) is 0 Å². The predicted molar refractivity (Wildman–Crippen MR) is 71.5 cm³/mol. The van der Waals surface area contributed by atoms with E-state index in [-0.39, 0.29) is 18.0 Å². The Morgan fingerprint density at radius 3 is 2.74 bits per heavy atom. The average molecular weight is 264 g/mol. The largest absolute Gasteiger partial charge is 0.484 e. The van der Waals surface area contributed by atoms with Gasteiger partial charge in [0, 0.05) is 7.11 Å². The topological polar surface area (TPSA) is 44.8 Å². The second-order valence-corrected chi connectivity index (χ2v) is 5.03. The summed E-state index contributed by atoms with van der Waals surface area (Å²) in [5, 5.41) is 0. The maximum Gasteiger partial charge on any atom is 0.314 e. The highest BCUT2D eigenvalue weighted by Gasteiger charge is 2.32. The first-order chi connectivity index (χ1) is 9.10. The van der Waals surface area contributed by atoms with Crippen molar-refractivity contribution < 1.29 is 19.0 Å². The molecule has 19 heavy (non-hydrogen) atoms. The Balaban J connectivity index is 2.09. The maximum absolute atomic E-state index is 11.7. The molecule has 0 amide bonds. The van der Waals surface area contributed by atoms with Gasteiger partial charge in [-0.2, -0.15) is 0 Å². The van der Waals surface area contributed by atoms with Crippen molar-refractivity contribution in [2.45, 2.75) is 32.8 Å². The molecule has 0 N–H and O–H groups in total. The average Bonchev–Trinajstić information content (AvgIpc) is 3.17. The zero-order valence-electron chi connectivity index (χ0n) is 11.6. The molecular weight excluding hydrogens is 244 g/mol. The van der Waals surface area contributed by atoms with Crippen LogP contribution in [0.2, 0.25) is 0 Å². The van der Waals surface area contributed by atoms with Gasteiger partial charge in [-0.1, -0.05) is 6.07 Å². The van der Waals surface area contributed by atoms with E-state index in [1.807, 2.05) is 32.0 Å². The van der Waals surface area contributed by atoms with Crippen molar-refractivity contribution in [2.24, 2.45) is 5.92 Å². The maximum atomic E-state index is 11.7. The quantitative estimate of drug-likeness (QED) is 0.585. The summed E-state index contributed by atoms with van der Waals surface area (Å²) in [6, 6.07) is 5.59. The van der Waals surface area contributed by atoms with Crippen molar-refractivity contribution in [1.82, 2.24) is 0 Å². The molecule has 1 aliphatic carbocycles. The van der Waals surface area contributed by atoms with E-state index in [0.717, 1.165) is 18.4 Å². The Bertz CT molecular complexity index is 451. The molecule has 1 aromatic rings. The summed E-state index contributed by atoms with van der Waals surface area (Å²) in [5.41, 5.74) is 1.03. The lowest BCUT2D eigenvalue weighted by atomic mass is 10.2. The van der Waals surface area contributed by atoms with Crippen LogP contribution in [0.3, 0.4) is 0 Å². The van der Waals surface area contributed by atoms with Gasteiger partial charge in [0.05, 0.1) is 12.5 Å². The number of rotatable bonds is 6. The Labute approximate surface area is 113 Å². The minimum Gasteiger partial charge on any atom is -0.484 e. The van der Waals surface area contributed by atoms with Gasteiger partial charge in [-0.3, -0.25) is 4.79 Å². The third-order valence-corrected chi connectivity index (χ3v) is 2.95. The highest BCUT2D eigenvalue weighted by molar-refractivity contribution is 5.78. The fourth-order valence-corrected chi connectivity index (χ4v) is 1.79. The summed E-state index contributed by atoms with van der Waals surface area (Å²) >= 11 is 0. The molecule has 0 aliphatic heterocycles. The number of esters is 1. The summed E-state index contributed by atoms with van der Waals surface area (Å²) in [4.78, 5) is 11.7. The number of benzene rings is 1. The summed E-state index contributed by atoms with van der Waals surface area (Å²) in [5.74, 6) is 1.00. The van der Waals surface area contributed by atoms with E-state index < -0.39 is 0 Å². The minimum atomic E-state index is -0.158. The molecule has 4 heteroatoms. The summed E-state index contributed by atoms with van der Waals surface area (Å²) < 4.78 is 16.2. The predicted octanol–water partition coefficient (Wildman–Crippen LogP) is 2.72. The van der Waals surface area contributed by atoms with Gasteiger partial charge >= 0.3 is 5.97 Å². The fraction of sp³-hybridized carbons (Fsp3) is 0.533. The van der Waals surface area contributed by atoms with Crippen LogP contribution < -0.4 is 9.47 Å². The van der Waals surface area contributed by atoms with Gasteiger partial charge in [0.15, 0.2) is 11.5 Å². The third-order valence-electron chi connectivity index (χ3n) is 2.95. The fourth-order valence-electron chi connectivity index (χ4n) is 1.79. The number of methoxy groups -OCH3 is 1. The van der Waals surface area contributed by atoms with E-state index in [2.05, 4.69) is 0 Å². The van der Waals surface area contributed by atoms with Gasteiger partial charge in [-0.15, -0.1) is 0 Å². The van der Waals surface area contributed by atoms with Crippen LogP contribution in [0.1, 0.15) is 25.3 Å². The highest BCUT2D eigenvalue weighted by atomic mass is 16.6. The summed E-state index contributed by atoms with van der Waals surface area (Å²) in [7, 11) is 1.63. The number of hydrogen-bond acceptors (Lipinski definition) is 4. The van der Waals surface area contributed by atoms with Crippen molar-refractivity contribution in [2.75, 3.05) is 13.7 Å². The third kappa shape index (κ3) is 3.96. The lowest BCUT2D eigenvalue weighted by molar-refractivity contribution is -0.135. The SMILES string of the molecule is COCC(C)Oc1ccc(C)cc1OC(=O)C1CC1. The zero-order chi connectivity index (χ0) is 13.8. The van der Waals surface area contributed by atoms with Gasteiger partial charge in [-0.25, -0.2) is 0 Å². The van der Waals surface area contributed by atoms with Crippen molar-refractivity contribution in [1.29, 1.82) is 0 Å². The molecule has 1 aromatic carbocycles. The van der Waals surface area contributed by atoms with E-state index in [4.69, 9.17) is 14.2 Å². The molecule has 1 atom stereocenters. The molecule has 104 valence electrons. The molecule has 0 saturated heterocycles. The van der Waals surface area contributed by atoms with Crippen LogP contribution in [-0.2, 0) is 9.53 Å². The molecule has 1 unspecified atom stereocenters. The Morgan fingerprint density at radius 2 is 2.11 bits per heavy atom. The lowest BCUT2D eigenvalue weighted by Gasteiger charge is -2.17.